The van der Waals surface area contributed by atoms with Gasteiger partial charge in [0.05, 0.1) is 24.8 Å². The minimum absolute atomic E-state index is 0.280. The molecule has 19 heavy (non-hydrogen) atoms. The van der Waals surface area contributed by atoms with Gasteiger partial charge in [-0.1, -0.05) is 15.9 Å². The van der Waals surface area contributed by atoms with E-state index in [2.05, 4.69) is 37.7 Å². The number of benzene rings is 1. The van der Waals surface area contributed by atoms with E-state index in [1.54, 1.807) is 0 Å². The number of nitrogens with zero attached hydrogens (tertiary/aromatic N) is 3. The molecule has 0 aliphatic carbocycles. The lowest BCUT2D eigenvalue weighted by molar-refractivity contribution is 0.0987. The third kappa shape index (κ3) is 2.55. The number of anilines is 1. The van der Waals surface area contributed by atoms with Crippen LogP contribution in [0.2, 0.25) is 5.28 Å². The molecule has 1 saturated heterocycles. The van der Waals surface area contributed by atoms with Crippen LogP contribution in [0.5, 0.6) is 0 Å². The van der Waals surface area contributed by atoms with Gasteiger partial charge in [-0.05, 0) is 36.7 Å². The molecule has 100 valence electrons. The van der Waals surface area contributed by atoms with Crippen molar-refractivity contribution in [2.24, 2.45) is 0 Å². The van der Waals surface area contributed by atoms with Crippen molar-refractivity contribution < 1.29 is 4.74 Å². The summed E-state index contributed by atoms with van der Waals surface area (Å²) in [5, 5.41) is 1.29. The highest BCUT2D eigenvalue weighted by atomic mass is 79.9. The Balaban J connectivity index is 2.18. The standard InChI is InChI=1S/C13H13BrClN3O/c1-8-7-19-5-4-18(8)12-10-6-9(14)2-3-11(10)16-13(15)17-12/h2-3,6,8H,4-5,7H2,1H3/t8-/m1/s1. The molecule has 6 heteroatoms. The maximum atomic E-state index is 6.04. The van der Waals surface area contributed by atoms with Gasteiger partial charge in [0.2, 0.25) is 5.28 Å². The van der Waals surface area contributed by atoms with Crippen LogP contribution in [0.15, 0.2) is 22.7 Å². The summed E-state index contributed by atoms with van der Waals surface area (Å²) in [6, 6.07) is 6.21. The lowest BCUT2D eigenvalue weighted by atomic mass is 10.2. The lowest BCUT2D eigenvalue weighted by Crippen LogP contribution is -2.44. The van der Waals surface area contributed by atoms with Crippen molar-refractivity contribution in [1.82, 2.24) is 9.97 Å². The van der Waals surface area contributed by atoms with Crippen LogP contribution in [-0.2, 0) is 4.74 Å². The Hall–Kier alpha value is -0.910. The number of ether oxygens (including phenoxy) is 1. The van der Waals surface area contributed by atoms with Crippen LogP contribution in [0, 0.1) is 0 Å². The van der Waals surface area contributed by atoms with Crippen LogP contribution in [-0.4, -0.2) is 35.8 Å². The topological polar surface area (TPSA) is 38.2 Å². The van der Waals surface area contributed by atoms with Crippen LogP contribution in [0.25, 0.3) is 10.9 Å². The number of hydrogen-bond acceptors (Lipinski definition) is 4. The molecule has 0 spiro atoms. The summed E-state index contributed by atoms with van der Waals surface area (Å²) in [5.41, 5.74) is 0.858. The number of hydrogen-bond donors (Lipinski definition) is 0. The summed E-state index contributed by atoms with van der Waals surface area (Å²) >= 11 is 9.53. The molecule has 2 aromatic rings. The number of rotatable bonds is 1. The van der Waals surface area contributed by atoms with Crippen molar-refractivity contribution >= 4 is 44.3 Å². The van der Waals surface area contributed by atoms with Gasteiger partial charge in [-0.3, -0.25) is 0 Å². The second-order valence-electron chi connectivity index (χ2n) is 4.60. The summed E-state index contributed by atoms with van der Waals surface area (Å²) in [5.74, 6) is 0.882. The summed E-state index contributed by atoms with van der Waals surface area (Å²) < 4.78 is 6.48. The molecule has 1 aliphatic rings. The molecule has 0 unspecified atom stereocenters. The predicted octanol–water partition coefficient (Wildman–Crippen LogP) is 3.27. The molecule has 0 N–H and O–H groups in total. The zero-order valence-corrected chi connectivity index (χ0v) is 12.8. The molecule has 0 amide bonds. The third-order valence-electron chi connectivity index (χ3n) is 3.25. The summed E-state index contributed by atoms with van der Waals surface area (Å²) in [6.45, 7) is 4.35. The van der Waals surface area contributed by atoms with Gasteiger partial charge in [-0.15, -0.1) is 0 Å². The quantitative estimate of drug-likeness (QED) is 0.746. The van der Waals surface area contributed by atoms with Gasteiger partial charge >= 0.3 is 0 Å². The highest BCUT2D eigenvalue weighted by Crippen LogP contribution is 2.30. The van der Waals surface area contributed by atoms with Crippen molar-refractivity contribution in [3.05, 3.63) is 28.0 Å². The maximum Gasteiger partial charge on any atom is 0.224 e. The SMILES string of the molecule is C[C@@H]1COCCN1c1nc(Cl)nc2ccc(Br)cc12. The minimum Gasteiger partial charge on any atom is -0.377 e. The first-order valence-corrected chi connectivity index (χ1v) is 7.29. The van der Waals surface area contributed by atoms with Crippen LogP contribution < -0.4 is 4.90 Å². The first kappa shape index (κ1) is 13.1. The van der Waals surface area contributed by atoms with Crippen LogP contribution in [0.1, 0.15) is 6.92 Å². The largest absolute Gasteiger partial charge is 0.377 e. The Morgan fingerprint density at radius 2 is 2.26 bits per heavy atom. The fourth-order valence-electron chi connectivity index (χ4n) is 2.32. The van der Waals surface area contributed by atoms with E-state index in [0.29, 0.717) is 13.2 Å². The van der Waals surface area contributed by atoms with E-state index >= 15 is 0 Å². The molecule has 0 saturated carbocycles. The average molecular weight is 343 g/mol. The van der Waals surface area contributed by atoms with Gasteiger partial charge in [0.1, 0.15) is 5.82 Å². The van der Waals surface area contributed by atoms with E-state index in [1.165, 1.54) is 0 Å². The first-order chi connectivity index (χ1) is 9.15. The molecule has 3 rings (SSSR count). The smallest absolute Gasteiger partial charge is 0.224 e. The number of fused-ring (bicyclic) bond motifs is 1. The Bertz CT molecular complexity index is 622. The zero-order chi connectivity index (χ0) is 13.4. The molecule has 2 heterocycles. The van der Waals surface area contributed by atoms with Gasteiger partial charge in [0.25, 0.3) is 0 Å². The molecule has 4 nitrogen and oxygen atoms in total. The third-order valence-corrected chi connectivity index (χ3v) is 3.91. The van der Waals surface area contributed by atoms with Gasteiger partial charge < -0.3 is 9.64 Å². The fraction of sp³-hybridized carbons (Fsp3) is 0.385. The highest BCUT2D eigenvalue weighted by molar-refractivity contribution is 9.10. The van der Waals surface area contributed by atoms with Gasteiger partial charge in [-0.2, -0.15) is 4.98 Å². The van der Waals surface area contributed by atoms with Gasteiger partial charge in [0, 0.05) is 16.4 Å². The Labute approximate surface area is 124 Å². The van der Waals surface area contributed by atoms with E-state index in [1.807, 2.05) is 18.2 Å². The highest BCUT2D eigenvalue weighted by Gasteiger charge is 2.23. The summed E-state index contributed by atoms with van der Waals surface area (Å²) in [6.07, 6.45) is 0. The monoisotopic (exact) mass is 341 g/mol. The second-order valence-corrected chi connectivity index (χ2v) is 5.85. The molecule has 1 aromatic carbocycles. The fourth-order valence-corrected chi connectivity index (χ4v) is 2.85. The van der Waals surface area contributed by atoms with E-state index in [4.69, 9.17) is 16.3 Å². The molecule has 0 bridgehead atoms. The van der Waals surface area contributed by atoms with E-state index in [-0.39, 0.29) is 11.3 Å². The molecular formula is C13H13BrClN3O. The molecule has 1 aliphatic heterocycles. The maximum absolute atomic E-state index is 6.04. The van der Waals surface area contributed by atoms with Crippen molar-refractivity contribution in [2.45, 2.75) is 13.0 Å². The predicted molar refractivity (Wildman–Crippen MR) is 79.9 cm³/mol. The second kappa shape index (κ2) is 5.23. The Morgan fingerprint density at radius 3 is 3.05 bits per heavy atom. The van der Waals surface area contributed by atoms with Gasteiger partial charge in [-0.25, -0.2) is 4.98 Å². The van der Waals surface area contributed by atoms with Crippen molar-refractivity contribution in [1.29, 1.82) is 0 Å². The van der Waals surface area contributed by atoms with Crippen LogP contribution in [0.4, 0.5) is 5.82 Å². The van der Waals surface area contributed by atoms with Crippen LogP contribution >= 0.6 is 27.5 Å². The Morgan fingerprint density at radius 1 is 1.42 bits per heavy atom. The summed E-state index contributed by atoms with van der Waals surface area (Å²) in [4.78, 5) is 10.9. The van der Waals surface area contributed by atoms with Crippen LogP contribution in [0.3, 0.4) is 0 Å². The lowest BCUT2D eigenvalue weighted by Gasteiger charge is -2.34. The number of aromatic nitrogens is 2. The average Bonchev–Trinajstić information content (AvgIpc) is 2.39. The normalized spacial score (nSPS) is 19.9. The Kier molecular flexibility index (Phi) is 3.60. The van der Waals surface area contributed by atoms with Crippen molar-refractivity contribution in [3.8, 4) is 0 Å². The first-order valence-electron chi connectivity index (χ1n) is 6.12. The number of morpholine rings is 1. The molecule has 1 atom stereocenters. The molecule has 1 fully saturated rings. The van der Waals surface area contributed by atoms with Crippen molar-refractivity contribution in [2.75, 3.05) is 24.7 Å². The zero-order valence-electron chi connectivity index (χ0n) is 10.4. The van der Waals surface area contributed by atoms with Gasteiger partial charge in [0.15, 0.2) is 0 Å². The summed E-state index contributed by atoms with van der Waals surface area (Å²) in [7, 11) is 0. The molecule has 1 aromatic heterocycles. The van der Waals surface area contributed by atoms with E-state index < -0.39 is 0 Å². The minimum atomic E-state index is 0.280. The van der Waals surface area contributed by atoms with E-state index in [9.17, 15) is 0 Å². The molecule has 0 radical (unpaired) electrons. The van der Waals surface area contributed by atoms with Crippen molar-refractivity contribution in [3.63, 3.8) is 0 Å². The molecular weight excluding hydrogens is 330 g/mol. The van der Waals surface area contributed by atoms with E-state index in [0.717, 1.165) is 27.7 Å². The number of halogens is 2.